The van der Waals surface area contributed by atoms with Crippen LogP contribution in [-0.2, 0) is 4.74 Å². The molecule has 1 aliphatic rings. The van der Waals surface area contributed by atoms with Gasteiger partial charge in [-0.15, -0.1) is 0 Å². The predicted molar refractivity (Wildman–Crippen MR) is 68.5 cm³/mol. The highest BCUT2D eigenvalue weighted by molar-refractivity contribution is 6.35. The summed E-state index contributed by atoms with van der Waals surface area (Å²) in [7, 11) is 0. The third-order valence-electron chi connectivity index (χ3n) is 2.72. The average molecular weight is 260 g/mol. The van der Waals surface area contributed by atoms with Crippen molar-refractivity contribution in [2.24, 2.45) is 0 Å². The SMILES string of the molecule is CC1CCC(CNc2cc(Cl)cc(Cl)c2)O1. The molecule has 1 saturated heterocycles. The zero-order chi connectivity index (χ0) is 11.5. The van der Waals surface area contributed by atoms with Crippen LogP contribution in [0.3, 0.4) is 0 Å². The maximum Gasteiger partial charge on any atom is 0.0751 e. The summed E-state index contributed by atoms with van der Waals surface area (Å²) in [4.78, 5) is 0. The maximum atomic E-state index is 5.91. The molecule has 1 N–H and O–H groups in total. The molecular weight excluding hydrogens is 245 g/mol. The van der Waals surface area contributed by atoms with Crippen LogP contribution in [0, 0.1) is 0 Å². The third-order valence-corrected chi connectivity index (χ3v) is 3.15. The third kappa shape index (κ3) is 3.27. The number of benzene rings is 1. The Balaban J connectivity index is 1.89. The zero-order valence-corrected chi connectivity index (χ0v) is 10.7. The van der Waals surface area contributed by atoms with E-state index in [9.17, 15) is 0 Å². The lowest BCUT2D eigenvalue weighted by atomic mass is 10.2. The molecule has 0 amide bonds. The van der Waals surface area contributed by atoms with Crippen LogP contribution >= 0.6 is 23.2 Å². The van der Waals surface area contributed by atoms with Gasteiger partial charge < -0.3 is 10.1 Å². The Labute approximate surface area is 106 Å². The summed E-state index contributed by atoms with van der Waals surface area (Å²) in [5, 5.41) is 4.59. The van der Waals surface area contributed by atoms with Crippen molar-refractivity contribution >= 4 is 28.9 Å². The largest absolute Gasteiger partial charge is 0.382 e. The normalized spacial score (nSPS) is 24.7. The lowest BCUT2D eigenvalue weighted by molar-refractivity contribution is 0.0637. The van der Waals surface area contributed by atoms with Gasteiger partial charge in [0, 0.05) is 22.3 Å². The van der Waals surface area contributed by atoms with E-state index in [4.69, 9.17) is 27.9 Å². The van der Waals surface area contributed by atoms with Gasteiger partial charge in [0.25, 0.3) is 0 Å². The minimum absolute atomic E-state index is 0.299. The molecule has 1 heterocycles. The molecule has 1 aromatic rings. The number of anilines is 1. The molecule has 1 aromatic carbocycles. The molecule has 0 aliphatic carbocycles. The highest BCUT2D eigenvalue weighted by atomic mass is 35.5. The Hall–Kier alpha value is -0.440. The number of nitrogens with one attached hydrogen (secondary N) is 1. The van der Waals surface area contributed by atoms with Gasteiger partial charge in [-0.2, -0.15) is 0 Å². The van der Waals surface area contributed by atoms with E-state index in [1.165, 1.54) is 0 Å². The van der Waals surface area contributed by atoms with Crippen molar-refractivity contribution in [2.45, 2.75) is 32.0 Å². The van der Waals surface area contributed by atoms with Gasteiger partial charge in [0.05, 0.1) is 12.2 Å². The molecule has 0 spiro atoms. The number of hydrogen-bond acceptors (Lipinski definition) is 2. The molecule has 4 heteroatoms. The zero-order valence-electron chi connectivity index (χ0n) is 9.17. The molecule has 2 atom stereocenters. The van der Waals surface area contributed by atoms with Crippen LogP contribution in [0.2, 0.25) is 10.0 Å². The summed E-state index contributed by atoms with van der Waals surface area (Å²) in [5.74, 6) is 0. The van der Waals surface area contributed by atoms with Crippen LogP contribution in [-0.4, -0.2) is 18.8 Å². The Kier molecular flexibility index (Phi) is 3.95. The van der Waals surface area contributed by atoms with Crippen molar-refractivity contribution in [1.82, 2.24) is 0 Å². The molecule has 0 radical (unpaired) electrons. The molecule has 1 fully saturated rings. The highest BCUT2D eigenvalue weighted by Gasteiger charge is 2.21. The molecule has 0 bridgehead atoms. The molecular formula is C12H15Cl2NO. The molecule has 16 heavy (non-hydrogen) atoms. The Morgan fingerprint density at radius 3 is 2.50 bits per heavy atom. The van der Waals surface area contributed by atoms with Gasteiger partial charge in [-0.05, 0) is 38.0 Å². The Morgan fingerprint density at radius 2 is 1.94 bits per heavy atom. The minimum atomic E-state index is 0.299. The fourth-order valence-corrected chi connectivity index (χ4v) is 2.45. The summed E-state index contributed by atoms with van der Waals surface area (Å²) in [6.07, 6.45) is 2.94. The predicted octanol–water partition coefficient (Wildman–Crippen LogP) is 3.97. The second kappa shape index (κ2) is 5.26. The molecule has 0 aromatic heterocycles. The van der Waals surface area contributed by atoms with E-state index >= 15 is 0 Å². The summed E-state index contributed by atoms with van der Waals surface area (Å²) < 4.78 is 5.72. The van der Waals surface area contributed by atoms with Crippen LogP contribution in [0.25, 0.3) is 0 Å². The van der Waals surface area contributed by atoms with E-state index in [0.29, 0.717) is 22.3 Å². The Morgan fingerprint density at radius 1 is 1.25 bits per heavy atom. The monoisotopic (exact) mass is 259 g/mol. The van der Waals surface area contributed by atoms with Gasteiger partial charge in [0.1, 0.15) is 0 Å². The average Bonchev–Trinajstić information content (AvgIpc) is 2.60. The number of hydrogen-bond donors (Lipinski definition) is 1. The van der Waals surface area contributed by atoms with Crippen LogP contribution < -0.4 is 5.32 Å². The topological polar surface area (TPSA) is 21.3 Å². The summed E-state index contributed by atoms with van der Waals surface area (Å²) in [6.45, 7) is 2.91. The molecule has 88 valence electrons. The smallest absolute Gasteiger partial charge is 0.0751 e. The second-order valence-electron chi connectivity index (χ2n) is 4.19. The molecule has 2 unspecified atom stereocenters. The number of halogens is 2. The standard InChI is InChI=1S/C12H15Cl2NO/c1-8-2-3-12(16-8)7-15-11-5-9(13)4-10(14)6-11/h4-6,8,12,15H,2-3,7H2,1H3. The summed E-state index contributed by atoms with van der Waals surface area (Å²) in [5.41, 5.74) is 0.945. The van der Waals surface area contributed by atoms with Crippen LogP contribution in [0.1, 0.15) is 19.8 Å². The van der Waals surface area contributed by atoms with Crippen molar-refractivity contribution in [3.05, 3.63) is 28.2 Å². The first kappa shape index (κ1) is 12.0. The summed E-state index contributed by atoms with van der Waals surface area (Å²) >= 11 is 11.8. The molecule has 1 aliphatic heterocycles. The first-order valence-electron chi connectivity index (χ1n) is 5.49. The van der Waals surface area contributed by atoms with Gasteiger partial charge in [0.15, 0.2) is 0 Å². The number of rotatable bonds is 3. The lowest BCUT2D eigenvalue weighted by Gasteiger charge is -2.13. The van der Waals surface area contributed by atoms with Crippen molar-refractivity contribution < 1.29 is 4.74 Å². The minimum Gasteiger partial charge on any atom is -0.382 e. The Bertz CT molecular complexity index is 350. The molecule has 0 saturated carbocycles. The van der Waals surface area contributed by atoms with Crippen molar-refractivity contribution in [2.75, 3.05) is 11.9 Å². The second-order valence-corrected chi connectivity index (χ2v) is 5.06. The van der Waals surface area contributed by atoms with Crippen molar-refractivity contribution in [3.8, 4) is 0 Å². The van der Waals surface area contributed by atoms with Gasteiger partial charge in [-0.1, -0.05) is 23.2 Å². The van der Waals surface area contributed by atoms with Crippen molar-refractivity contribution in [3.63, 3.8) is 0 Å². The molecule has 2 nitrogen and oxygen atoms in total. The van der Waals surface area contributed by atoms with Gasteiger partial charge in [-0.3, -0.25) is 0 Å². The van der Waals surface area contributed by atoms with Crippen LogP contribution in [0.5, 0.6) is 0 Å². The molecule has 2 rings (SSSR count). The first-order valence-corrected chi connectivity index (χ1v) is 6.24. The van der Waals surface area contributed by atoms with Gasteiger partial charge in [0.2, 0.25) is 0 Å². The van der Waals surface area contributed by atoms with Crippen molar-refractivity contribution in [1.29, 1.82) is 0 Å². The van der Waals surface area contributed by atoms with E-state index in [0.717, 1.165) is 25.1 Å². The number of ether oxygens (including phenoxy) is 1. The maximum absolute atomic E-state index is 5.91. The van der Waals surface area contributed by atoms with Crippen LogP contribution in [0.15, 0.2) is 18.2 Å². The van der Waals surface area contributed by atoms with E-state index in [-0.39, 0.29) is 0 Å². The van der Waals surface area contributed by atoms with Gasteiger partial charge in [-0.25, -0.2) is 0 Å². The fourth-order valence-electron chi connectivity index (χ4n) is 1.92. The van der Waals surface area contributed by atoms with E-state index in [1.54, 1.807) is 6.07 Å². The van der Waals surface area contributed by atoms with E-state index in [2.05, 4.69) is 12.2 Å². The van der Waals surface area contributed by atoms with Crippen LogP contribution in [0.4, 0.5) is 5.69 Å². The quantitative estimate of drug-likeness (QED) is 0.887. The fraction of sp³-hybridized carbons (Fsp3) is 0.500. The summed E-state index contributed by atoms with van der Waals surface area (Å²) in [6, 6.07) is 5.46. The lowest BCUT2D eigenvalue weighted by Crippen LogP contribution is -2.19. The highest BCUT2D eigenvalue weighted by Crippen LogP contribution is 2.24. The van der Waals surface area contributed by atoms with E-state index < -0.39 is 0 Å². The first-order chi connectivity index (χ1) is 7.63. The van der Waals surface area contributed by atoms with Gasteiger partial charge >= 0.3 is 0 Å². The van der Waals surface area contributed by atoms with E-state index in [1.807, 2.05) is 12.1 Å².